The molecule has 0 saturated carbocycles. The lowest BCUT2D eigenvalue weighted by Crippen LogP contribution is -2.48. The van der Waals surface area contributed by atoms with Crippen molar-refractivity contribution in [3.8, 4) is 6.07 Å². The Bertz CT molecular complexity index is 619. The van der Waals surface area contributed by atoms with Gasteiger partial charge in [-0.15, -0.1) is 0 Å². The van der Waals surface area contributed by atoms with Gasteiger partial charge in [0.05, 0.1) is 22.3 Å². The molecule has 0 aromatic heterocycles. The largest absolute Gasteiger partial charge is 0.326 e. The van der Waals surface area contributed by atoms with Gasteiger partial charge in [0.2, 0.25) is 0 Å². The van der Waals surface area contributed by atoms with Crippen LogP contribution >= 0.6 is 0 Å². The highest BCUT2D eigenvalue weighted by atomic mass is 32.2. The lowest BCUT2D eigenvalue weighted by Gasteiger charge is -2.34. The van der Waals surface area contributed by atoms with E-state index in [0.717, 1.165) is 19.5 Å². The first-order valence-corrected chi connectivity index (χ1v) is 8.78. The molecule has 1 aromatic carbocycles. The quantitative estimate of drug-likeness (QED) is 0.896. The Kier molecular flexibility index (Phi) is 4.99. The number of sulfone groups is 1. The second-order valence-corrected chi connectivity index (χ2v) is 7.79. The molecule has 2 atom stereocenters. The molecule has 0 aliphatic carbocycles. The summed E-state index contributed by atoms with van der Waals surface area (Å²) in [6.07, 6.45) is 1.01. The topological polar surface area (TPSA) is 87.2 Å². The molecule has 1 fully saturated rings. The first kappa shape index (κ1) is 16.0. The van der Waals surface area contributed by atoms with Crippen LogP contribution in [0.15, 0.2) is 29.2 Å². The van der Waals surface area contributed by atoms with Gasteiger partial charge >= 0.3 is 0 Å². The Balaban J connectivity index is 1.96. The zero-order chi connectivity index (χ0) is 15.5. The Morgan fingerprint density at radius 1 is 1.38 bits per heavy atom. The van der Waals surface area contributed by atoms with E-state index in [4.69, 9.17) is 11.0 Å². The van der Waals surface area contributed by atoms with Crippen LogP contribution in [-0.2, 0) is 9.84 Å². The molecule has 21 heavy (non-hydrogen) atoms. The number of rotatable bonds is 4. The van der Waals surface area contributed by atoms with Crippen LogP contribution in [0.4, 0.5) is 0 Å². The summed E-state index contributed by atoms with van der Waals surface area (Å²) in [5, 5.41) is 8.73. The van der Waals surface area contributed by atoms with Gasteiger partial charge in [-0.2, -0.15) is 5.26 Å². The number of hydrogen-bond acceptors (Lipinski definition) is 5. The van der Waals surface area contributed by atoms with Crippen LogP contribution in [-0.4, -0.2) is 44.7 Å². The lowest BCUT2D eigenvalue weighted by atomic mass is 9.94. The number of benzene rings is 1. The Labute approximate surface area is 126 Å². The van der Waals surface area contributed by atoms with Gasteiger partial charge in [0.25, 0.3) is 0 Å². The Hall–Kier alpha value is -1.42. The molecular weight excluding hydrogens is 286 g/mol. The van der Waals surface area contributed by atoms with Crippen LogP contribution in [0.2, 0.25) is 0 Å². The fourth-order valence-corrected chi connectivity index (χ4v) is 3.76. The molecule has 1 aliphatic rings. The van der Waals surface area contributed by atoms with Crippen LogP contribution in [0.3, 0.4) is 0 Å². The first-order valence-electron chi connectivity index (χ1n) is 7.13. The SMILES string of the molecule is CC1CCN(CCS(=O)(=O)c2ccc(C#N)cc2)CC1N. The highest BCUT2D eigenvalue weighted by molar-refractivity contribution is 7.91. The number of piperidine rings is 1. The summed E-state index contributed by atoms with van der Waals surface area (Å²) in [6.45, 7) is 4.29. The van der Waals surface area contributed by atoms with Crippen LogP contribution in [0, 0.1) is 17.2 Å². The maximum absolute atomic E-state index is 12.3. The number of hydrogen-bond donors (Lipinski definition) is 1. The molecule has 1 saturated heterocycles. The van der Waals surface area contributed by atoms with Crippen molar-refractivity contribution < 1.29 is 8.42 Å². The third-order valence-electron chi connectivity index (χ3n) is 4.12. The molecule has 5 nitrogen and oxygen atoms in total. The maximum atomic E-state index is 12.3. The molecule has 2 unspecified atom stereocenters. The first-order chi connectivity index (χ1) is 9.92. The molecule has 0 amide bonds. The summed E-state index contributed by atoms with van der Waals surface area (Å²) in [5.74, 6) is 0.580. The van der Waals surface area contributed by atoms with E-state index in [1.165, 1.54) is 24.3 Å². The molecular formula is C15H21N3O2S. The van der Waals surface area contributed by atoms with E-state index in [0.29, 0.717) is 18.0 Å². The predicted octanol–water partition coefficient (Wildman–Crippen LogP) is 1.00. The van der Waals surface area contributed by atoms with E-state index < -0.39 is 9.84 Å². The molecule has 0 spiro atoms. The highest BCUT2D eigenvalue weighted by Gasteiger charge is 2.24. The van der Waals surface area contributed by atoms with Crippen molar-refractivity contribution in [2.24, 2.45) is 11.7 Å². The second-order valence-electron chi connectivity index (χ2n) is 5.69. The molecule has 1 heterocycles. The molecule has 2 rings (SSSR count). The average Bonchev–Trinajstić information content (AvgIpc) is 2.48. The highest BCUT2D eigenvalue weighted by Crippen LogP contribution is 2.17. The third-order valence-corrected chi connectivity index (χ3v) is 5.83. The van der Waals surface area contributed by atoms with Gasteiger partial charge in [0.15, 0.2) is 9.84 Å². The second kappa shape index (κ2) is 6.56. The van der Waals surface area contributed by atoms with Crippen LogP contribution in [0.5, 0.6) is 0 Å². The van der Waals surface area contributed by atoms with Gasteiger partial charge in [-0.05, 0) is 43.1 Å². The van der Waals surface area contributed by atoms with Gasteiger partial charge < -0.3 is 10.6 Å². The maximum Gasteiger partial charge on any atom is 0.179 e. The minimum Gasteiger partial charge on any atom is -0.326 e. The average molecular weight is 307 g/mol. The molecule has 1 aliphatic heterocycles. The third kappa shape index (κ3) is 4.03. The monoisotopic (exact) mass is 307 g/mol. The van der Waals surface area contributed by atoms with Crippen LogP contribution in [0.25, 0.3) is 0 Å². The van der Waals surface area contributed by atoms with Gasteiger partial charge in [-0.25, -0.2) is 8.42 Å². The zero-order valence-electron chi connectivity index (χ0n) is 12.2. The number of nitriles is 1. The number of likely N-dealkylation sites (tertiary alicyclic amines) is 1. The van der Waals surface area contributed by atoms with Crippen molar-refractivity contribution in [1.82, 2.24) is 4.90 Å². The number of nitrogens with zero attached hydrogens (tertiary/aromatic N) is 2. The summed E-state index contributed by atoms with van der Waals surface area (Å²) in [6, 6.07) is 8.17. The molecule has 2 N–H and O–H groups in total. The summed E-state index contributed by atoms with van der Waals surface area (Å²) in [7, 11) is -3.31. The van der Waals surface area contributed by atoms with Gasteiger partial charge in [-0.3, -0.25) is 0 Å². The predicted molar refractivity (Wildman–Crippen MR) is 81.4 cm³/mol. The van der Waals surface area contributed by atoms with Crippen molar-refractivity contribution in [2.45, 2.75) is 24.3 Å². The van der Waals surface area contributed by atoms with E-state index in [1.807, 2.05) is 6.07 Å². The van der Waals surface area contributed by atoms with Crippen molar-refractivity contribution in [3.05, 3.63) is 29.8 Å². The van der Waals surface area contributed by atoms with E-state index >= 15 is 0 Å². The van der Waals surface area contributed by atoms with Crippen molar-refractivity contribution in [1.29, 1.82) is 5.26 Å². The Morgan fingerprint density at radius 3 is 2.62 bits per heavy atom. The van der Waals surface area contributed by atoms with E-state index in [2.05, 4.69) is 11.8 Å². The summed E-state index contributed by atoms with van der Waals surface area (Å²) < 4.78 is 24.6. The van der Waals surface area contributed by atoms with Crippen molar-refractivity contribution >= 4 is 9.84 Å². The van der Waals surface area contributed by atoms with Crippen molar-refractivity contribution in [2.75, 3.05) is 25.4 Å². The minimum atomic E-state index is -3.31. The summed E-state index contributed by atoms with van der Waals surface area (Å²) >= 11 is 0. The van der Waals surface area contributed by atoms with Crippen LogP contribution < -0.4 is 5.73 Å². The number of nitrogens with two attached hydrogens (primary N) is 1. The molecule has 1 aromatic rings. The van der Waals surface area contributed by atoms with Gasteiger partial charge in [0.1, 0.15) is 0 Å². The van der Waals surface area contributed by atoms with E-state index in [-0.39, 0.29) is 16.7 Å². The normalized spacial score (nSPS) is 23.7. The van der Waals surface area contributed by atoms with E-state index in [9.17, 15) is 8.42 Å². The standard InChI is InChI=1S/C15H21N3O2S/c1-12-6-7-18(11-15(12)17)8-9-21(19,20)14-4-2-13(10-16)3-5-14/h2-5,12,15H,6-9,11,17H2,1H3. The zero-order valence-corrected chi connectivity index (χ0v) is 13.0. The molecule has 0 bridgehead atoms. The molecule has 114 valence electrons. The molecule has 6 heteroatoms. The summed E-state index contributed by atoms with van der Waals surface area (Å²) in [4.78, 5) is 2.39. The summed E-state index contributed by atoms with van der Waals surface area (Å²) in [5.41, 5.74) is 6.49. The van der Waals surface area contributed by atoms with E-state index in [1.54, 1.807) is 0 Å². The van der Waals surface area contributed by atoms with Crippen LogP contribution in [0.1, 0.15) is 18.9 Å². The fourth-order valence-electron chi connectivity index (χ4n) is 2.48. The Morgan fingerprint density at radius 2 is 2.05 bits per heavy atom. The minimum absolute atomic E-state index is 0.0833. The van der Waals surface area contributed by atoms with Crippen molar-refractivity contribution in [3.63, 3.8) is 0 Å². The smallest absolute Gasteiger partial charge is 0.179 e. The lowest BCUT2D eigenvalue weighted by molar-refractivity contribution is 0.177. The fraction of sp³-hybridized carbons (Fsp3) is 0.533. The molecule has 0 radical (unpaired) electrons. The van der Waals surface area contributed by atoms with Gasteiger partial charge in [-0.1, -0.05) is 6.92 Å². The van der Waals surface area contributed by atoms with Gasteiger partial charge in [0, 0.05) is 19.1 Å².